The normalized spacial score (nSPS) is 12.0. The van der Waals surface area contributed by atoms with Crippen molar-refractivity contribution in [1.29, 1.82) is 0 Å². The van der Waals surface area contributed by atoms with Gasteiger partial charge in [-0.25, -0.2) is 0 Å². The summed E-state index contributed by atoms with van der Waals surface area (Å²) in [6.45, 7) is 6.71. The Balaban J connectivity index is 4.29. The highest BCUT2D eigenvalue weighted by Crippen LogP contribution is 2.18. The average Bonchev–Trinajstić information content (AvgIpc) is 3.37. The maximum Gasteiger partial charge on any atom is 0.306 e. The van der Waals surface area contributed by atoms with Gasteiger partial charge in [0.05, 0.1) is 0 Å². The summed E-state index contributed by atoms with van der Waals surface area (Å²) in [5.74, 6) is -0.843. The Morgan fingerprint density at radius 3 is 0.704 bits per heavy atom. The Labute approximate surface area is 443 Å². The summed E-state index contributed by atoms with van der Waals surface area (Å²) in [4.78, 5) is 38.3. The molecule has 0 N–H and O–H groups in total. The van der Waals surface area contributed by atoms with E-state index in [1.165, 1.54) is 263 Å². The lowest BCUT2D eigenvalue weighted by molar-refractivity contribution is -0.167. The van der Waals surface area contributed by atoms with Crippen LogP contribution in [0.25, 0.3) is 0 Å². The summed E-state index contributed by atoms with van der Waals surface area (Å²) in [5.41, 5.74) is 0. The molecule has 0 saturated carbocycles. The summed E-state index contributed by atoms with van der Waals surface area (Å²) in [6.07, 6.45) is 70.7. The van der Waals surface area contributed by atoms with E-state index in [0.29, 0.717) is 19.3 Å². The van der Waals surface area contributed by atoms with Crippen molar-refractivity contribution >= 4 is 17.9 Å². The van der Waals surface area contributed by atoms with E-state index in [4.69, 9.17) is 14.2 Å². The summed E-state index contributed by atoms with van der Waals surface area (Å²) in [5, 5.41) is 0. The average molecular weight is 1000 g/mol. The van der Waals surface area contributed by atoms with Crippen LogP contribution in [0.5, 0.6) is 0 Å². The topological polar surface area (TPSA) is 78.9 Å². The van der Waals surface area contributed by atoms with E-state index in [-0.39, 0.29) is 31.1 Å². The van der Waals surface area contributed by atoms with Crippen LogP contribution in [0.1, 0.15) is 367 Å². The number of hydrogen-bond acceptors (Lipinski definition) is 6. The standard InChI is InChI=1S/C65H124O6/c1-4-7-10-13-16-19-22-25-28-30-32-34-37-40-43-46-49-52-55-58-64(67)70-61-62(60-69-63(66)57-54-51-48-45-42-39-36-27-24-21-18-15-12-9-6-3)71-65(68)59-56-53-50-47-44-41-38-35-33-31-29-26-23-20-17-14-11-8-5-2/h27,36,62H,4-26,28-35,37-61H2,1-3H3/b36-27-. The van der Waals surface area contributed by atoms with Crippen LogP contribution in [0.2, 0.25) is 0 Å². The minimum atomic E-state index is -0.769. The van der Waals surface area contributed by atoms with Crippen LogP contribution in [-0.4, -0.2) is 37.2 Å². The highest BCUT2D eigenvalue weighted by Gasteiger charge is 2.19. The molecule has 0 saturated heterocycles. The highest BCUT2D eigenvalue weighted by atomic mass is 16.6. The molecule has 0 spiro atoms. The molecule has 71 heavy (non-hydrogen) atoms. The third-order valence-corrected chi connectivity index (χ3v) is 14.8. The van der Waals surface area contributed by atoms with Gasteiger partial charge in [0.25, 0.3) is 0 Å². The summed E-state index contributed by atoms with van der Waals surface area (Å²) in [6, 6.07) is 0. The van der Waals surface area contributed by atoms with Crippen molar-refractivity contribution in [3.8, 4) is 0 Å². The Morgan fingerprint density at radius 1 is 0.268 bits per heavy atom. The minimum Gasteiger partial charge on any atom is -0.462 e. The van der Waals surface area contributed by atoms with Gasteiger partial charge in [0, 0.05) is 19.3 Å². The molecule has 6 heteroatoms. The van der Waals surface area contributed by atoms with Gasteiger partial charge in [-0.05, 0) is 44.9 Å². The van der Waals surface area contributed by atoms with Crippen LogP contribution in [0.15, 0.2) is 12.2 Å². The second-order valence-corrected chi connectivity index (χ2v) is 22.0. The van der Waals surface area contributed by atoms with Crippen molar-refractivity contribution in [2.75, 3.05) is 13.2 Å². The molecule has 1 atom stereocenters. The van der Waals surface area contributed by atoms with Crippen molar-refractivity contribution in [3.05, 3.63) is 12.2 Å². The fraction of sp³-hybridized carbons (Fsp3) is 0.923. The van der Waals surface area contributed by atoms with Gasteiger partial charge < -0.3 is 14.2 Å². The van der Waals surface area contributed by atoms with Gasteiger partial charge in [-0.1, -0.05) is 315 Å². The fourth-order valence-corrected chi connectivity index (χ4v) is 9.91. The predicted molar refractivity (Wildman–Crippen MR) is 307 cm³/mol. The Kier molecular flexibility index (Phi) is 59.1. The second kappa shape index (κ2) is 60.7. The smallest absolute Gasteiger partial charge is 0.306 e. The first-order chi connectivity index (χ1) is 35.0. The van der Waals surface area contributed by atoms with Crippen LogP contribution in [0.4, 0.5) is 0 Å². The maximum atomic E-state index is 12.9. The van der Waals surface area contributed by atoms with Gasteiger partial charge in [-0.3, -0.25) is 14.4 Å². The van der Waals surface area contributed by atoms with Crippen LogP contribution < -0.4 is 0 Å². The molecular formula is C65H124O6. The zero-order valence-electron chi connectivity index (χ0n) is 48.3. The summed E-state index contributed by atoms with van der Waals surface area (Å²) >= 11 is 0. The van der Waals surface area contributed by atoms with E-state index in [1.807, 2.05) is 0 Å². The van der Waals surface area contributed by atoms with E-state index < -0.39 is 6.10 Å². The molecule has 0 amide bonds. The number of carbonyl (C=O) groups excluding carboxylic acids is 3. The van der Waals surface area contributed by atoms with Crippen molar-refractivity contribution in [1.82, 2.24) is 0 Å². The van der Waals surface area contributed by atoms with E-state index >= 15 is 0 Å². The monoisotopic (exact) mass is 1000 g/mol. The number of hydrogen-bond donors (Lipinski definition) is 0. The van der Waals surface area contributed by atoms with Gasteiger partial charge in [0.1, 0.15) is 13.2 Å². The number of rotatable bonds is 60. The van der Waals surface area contributed by atoms with E-state index in [1.54, 1.807) is 0 Å². The molecule has 420 valence electrons. The van der Waals surface area contributed by atoms with Crippen LogP contribution in [0, 0.1) is 0 Å². The molecule has 0 radical (unpaired) electrons. The lowest BCUT2D eigenvalue weighted by Gasteiger charge is -2.18. The molecule has 0 aliphatic heterocycles. The highest BCUT2D eigenvalue weighted by molar-refractivity contribution is 5.71. The first-order valence-electron chi connectivity index (χ1n) is 32.2. The third-order valence-electron chi connectivity index (χ3n) is 14.8. The number of ether oxygens (including phenoxy) is 3. The lowest BCUT2D eigenvalue weighted by Crippen LogP contribution is -2.30. The first kappa shape index (κ1) is 69.2. The Morgan fingerprint density at radius 2 is 0.465 bits per heavy atom. The molecule has 0 aliphatic carbocycles. The zero-order chi connectivity index (χ0) is 51.4. The molecule has 0 aromatic heterocycles. The van der Waals surface area contributed by atoms with Gasteiger partial charge in [0.2, 0.25) is 0 Å². The van der Waals surface area contributed by atoms with Crippen LogP contribution in [-0.2, 0) is 28.6 Å². The number of carbonyl (C=O) groups is 3. The largest absolute Gasteiger partial charge is 0.462 e. The molecular weight excluding hydrogens is 877 g/mol. The van der Waals surface area contributed by atoms with Gasteiger partial charge in [-0.15, -0.1) is 0 Å². The number of allylic oxidation sites excluding steroid dienone is 2. The Bertz CT molecular complexity index is 1100. The van der Waals surface area contributed by atoms with Gasteiger partial charge in [-0.2, -0.15) is 0 Å². The molecule has 6 nitrogen and oxygen atoms in total. The van der Waals surface area contributed by atoms with Gasteiger partial charge >= 0.3 is 17.9 Å². The van der Waals surface area contributed by atoms with Crippen LogP contribution in [0.3, 0.4) is 0 Å². The third kappa shape index (κ3) is 58.9. The number of esters is 3. The molecule has 1 unspecified atom stereocenters. The van der Waals surface area contributed by atoms with Crippen molar-refractivity contribution in [3.63, 3.8) is 0 Å². The summed E-state index contributed by atoms with van der Waals surface area (Å²) in [7, 11) is 0. The first-order valence-corrected chi connectivity index (χ1v) is 32.2. The molecule has 0 rings (SSSR count). The van der Waals surface area contributed by atoms with Crippen molar-refractivity contribution < 1.29 is 28.6 Å². The van der Waals surface area contributed by atoms with Crippen molar-refractivity contribution in [2.24, 2.45) is 0 Å². The zero-order valence-corrected chi connectivity index (χ0v) is 48.3. The van der Waals surface area contributed by atoms with Crippen molar-refractivity contribution in [2.45, 2.75) is 374 Å². The Hall–Kier alpha value is -1.85. The predicted octanol–water partition coefficient (Wildman–Crippen LogP) is 21.7. The van der Waals surface area contributed by atoms with Crippen LogP contribution >= 0.6 is 0 Å². The van der Waals surface area contributed by atoms with E-state index in [9.17, 15) is 14.4 Å². The SMILES string of the molecule is CCCCCCCC/C=C\CCCCCCCC(=O)OCC(COC(=O)CCCCCCCCCCCCCCCCCCCCC)OC(=O)CCCCCCCCCCCCCCCCCCCCC. The lowest BCUT2D eigenvalue weighted by atomic mass is 10.0. The molecule has 0 bridgehead atoms. The molecule has 0 heterocycles. The van der Waals surface area contributed by atoms with E-state index in [2.05, 4.69) is 32.9 Å². The maximum absolute atomic E-state index is 12.9. The summed E-state index contributed by atoms with van der Waals surface area (Å²) < 4.78 is 17.0. The molecule has 0 aliphatic rings. The van der Waals surface area contributed by atoms with Gasteiger partial charge in [0.15, 0.2) is 6.10 Å². The molecule has 0 aromatic rings. The minimum absolute atomic E-state index is 0.0659. The molecule has 0 fully saturated rings. The van der Waals surface area contributed by atoms with E-state index in [0.717, 1.165) is 64.2 Å². The fourth-order valence-electron chi connectivity index (χ4n) is 9.91. The quantitative estimate of drug-likeness (QED) is 0.0261. The molecule has 0 aromatic carbocycles. The number of unbranched alkanes of at least 4 members (excludes halogenated alkanes) is 47. The second-order valence-electron chi connectivity index (χ2n) is 22.0.